The molecule has 0 aromatic rings. The Kier molecular flexibility index (Phi) is 2.30. The normalized spacial score (nSPS) is 31.2. The van der Waals surface area contributed by atoms with Crippen molar-refractivity contribution in [3.63, 3.8) is 0 Å². The topological polar surface area (TPSA) is 32.3 Å². The second-order valence-corrected chi connectivity index (χ2v) is 4.75. The summed E-state index contributed by atoms with van der Waals surface area (Å²) in [6.45, 7) is 6.42. The van der Waals surface area contributed by atoms with Crippen LogP contribution < -0.4 is 5.32 Å². The van der Waals surface area contributed by atoms with E-state index in [-0.39, 0.29) is 11.7 Å². The Hall–Kier alpha value is -0.570. The van der Waals surface area contributed by atoms with Crippen molar-refractivity contribution < 1.29 is 4.79 Å². The first kappa shape index (κ1) is 9.97. The van der Waals surface area contributed by atoms with E-state index in [1.807, 2.05) is 4.90 Å². The van der Waals surface area contributed by atoms with Crippen LogP contribution in [-0.2, 0) is 4.79 Å². The molecular formula is C11H20N2O. The molecule has 0 aromatic heterocycles. The number of carbonyl (C=O) groups excluding carboxylic acids is 1. The molecule has 80 valence electrons. The first-order chi connectivity index (χ1) is 6.60. The maximum Gasteiger partial charge on any atom is 0.244 e. The molecule has 0 bridgehead atoms. The van der Waals surface area contributed by atoms with Crippen molar-refractivity contribution in [2.24, 2.45) is 0 Å². The highest BCUT2D eigenvalue weighted by Crippen LogP contribution is 2.42. The number of hydrogen-bond donors (Lipinski definition) is 1. The van der Waals surface area contributed by atoms with Gasteiger partial charge in [0.05, 0.1) is 11.7 Å². The third-order valence-electron chi connectivity index (χ3n) is 3.48. The molecule has 2 atom stereocenters. The highest BCUT2D eigenvalue weighted by molar-refractivity contribution is 5.92. The Morgan fingerprint density at radius 1 is 1.64 bits per heavy atom. The smallest absolute Gasteiger partial charge is 0.244 e. The molecule has 0 aromatic carbocycles. The molecule has 1 spiro atoms. The van der Waals surface area contributed by atoms with Gasteiger partial charge in [-0.1, -0.05) is 13.3 Å². The number of nitrogens with one attached hydrogen (secondary N) is 1. The lowest BCUT2D eigenvalue weighted by Gasteiger charge is -2.27. The highest BCUT2D eigenvalue weighted by Gasteiger charge is 2.58. The van der Waals surface area contributed by atoms with Gasteiger partial charge in [-0.05, 0) is 33.1 Å². The number of nitrogens with zero attached hydrogens (tertiary/aromatic N) is 1. The van der Waals surface area contributed by atoms with Gasteiger partial charge in [-0.3, -0.25) is 10.1 Å². The summed E-state index contributed by atoms with van der Waals surface area (Å²) in [7, 11) is 0. The van der Waals surface area contributed by atoms with Crippen LogP contribution in [0, 0.1) is 0 Å². The van der Waals surface area contributed by atoms with E-state index in [9.17, 15) is 4.79 Å². The lowest BCUT2D eigenvalue weighted by molar-refractivity contribution is -0.132. The molecule has 1 aliphatic heterocycles. The van der Waals surface area contributed by atoms with Gasteiger partial charge in [0.15, 0.2) is 0 Å². The van der Waals surface area contributed by atoms with Crippen LogP contribution >= 0.6 is 0 Å². The van der Waals surface area contributed by atoms with Crippen LogP contribution in [0.25, 0.3) is 0 Å². The van der Waals surface area contributed by atoms with Crippen LogP contribution in [0.3, 0.4) is 0 Å². The third-order valence-corrected chi connectivity index (χ3v) is 3.48. The van der Waals surface area contributed by atoms with E-state index >= 15 is 0 Å². The van der Waals surface area contributed by atoms with E-state index < -0.39 is 0 Å². The van der Waals surface area contributed by atoms with E-state index in [4.69, 9.17) is 0 Å². The summed E-state index contributed by atoms with van der Waals surface area (Å²) in [5.41, 5.74) is -0.137. The van der Waals surface area contributed by atoms with E-state index in [0.717, 1.165) is 25.7 Å². The average Bonchev–Trinajstić information content (AvgIpc) is 2.81. The number of hydrogen-bond acceptors (Lipinski definition) is 2. The minimum Gasteiger partial charge on any atom is -0.323 e. The van der Waals surface area contributed by atoms with Crippen molar-refractivity contribution in [2.75, 3.05) is 0 Å². The molecule has 1 heterocycles. The van der Waals surface area contributed by atoms with E-state index in [0.29, 0.717) is 11.9 Å². The Labute approximate surface area is 85.8 Å². The van der Waals surface area contributed by atoms with Crippen molar-refractivity contribution in [1.82, 2.24) is 10.2 Å². The molecule has 2 rings (SSSR count). The van der Waals surface area contributed by atoms with E-state index in [2.05, 4.69) is 26.1 Å². The van der Waals surface area contributed by atoms with Crippen LogP contribution in [0.15, 0.2) is 0 Å². The molecular weight excluding hydrogens is 176 g/mol. The van der Waals surface area contributed by atoms with Gasteiger partial charge in [-0.2, -0.15) is 0 Å². The zero-order chi connectivity index (χ0) is 10.3. The predicted octanol–water partition coefficient (Wildman–Crippen LogP) is 1.49. The number of carbonyl (C=O) groups is 1. The van der Waals surface area contributed by atoms with Gasteiger partial charge in [-0.15, -0.1) is 0 Å². The van der Waals surface area contributed by atoms with Crippen LogP contribution in [0.4, 0.5) is 0 Å². The maximum atomic E-state index is 12.1. The van der Waals surface area contributed by atoms with E-state index in [1.165, 1.54) is 0 Å². The first-order valence-corrected chi connectivity index (χ1v) is 5.71. The SMILES string of the molecule is CCCC(C)N1C(=O)C2(CC2)NC1C. The predicted molar refractivity (Wildman–Crippen MR) is 55.8 cm³/mol. The van der Waals surface area contributed by atoms with Crippen LogP contribution in [0.5, 0.6) is 0 Å². The number of amides is 1. The van der Waals surface area contributed by atoms with Gasteiger partial charge >= 0.3 is 0 Å². The summed E-state index contributed by atoms with van der Waals surface area (Å²) in [6, 6.07) is 0.384. The fraction of sp³-hybridized carbons (Fsp3) is 0.909. The van der Waals surface area contributed by atoms with Crippen molar-refractivity contribution in [3.05, 3.63) is 0 Å². The first-order valence-electron chi connectivity index (χ1n) is 5.71. The molecule has 14 heavy (non-hydrogen) atoms. The zero-order valence-corrected chi connectivity index (χ0v) is 9.34. The number of rotatable bonds is 3. The molecule has 2 unspecified atom stereocenters. The Balaban J connectivity index is 2.07. The summed E-state index contributed by atoms with van der Waals surface area (Å²) in [6.07, 6.45) is 4.54. The second kappa shape index (κ2) is 3.23. The van der Waals surface area contributed by atoms with Gasteiger partial charge in [-0.25, -0.2) is 0 Å². The molecule has 3 nitrogen and oxygen atoms in total. The Morgan fingerprint density at radius 3 is 2.71 bits per heavy atom. The summed E-state index contributed by atoms with van der Waals surface area (Å²) in [5, 5.41) is 3.42. The van der Waals surface area contributed by atoms with Gasteiger partial charge in [0.25, 0.3) is 0 Å². The Morgan fingerprint density at radius 2 is 2.29 bits per heavy atom. The van der Waals surface area contributed by atoms with E-state index in [1.54, 1.807) is 0 Å². The minimum atomic E-state index is -0.137. The Bertz CT molecular complexity index is 248. The van der Waals surface area contributed by atoms with Gasteiger partial charge in [0.2, 0.25) is 5.91 Å². The van der Waals surface area contributed by atoms with Crippen molar-refractivity contribution in [3.8, 4) is 0 Å². The lowest BCUT2D eigenvalue weighted by Crippen LogP contribution is -2.41. The fourth-order valence-electron chi connectivity index (χ4n) is 2.58. The third kappa shape index (κ3) is 1.34. The minimum absolute atomic E-state index is 0.137. The van der Waals surface area contributed by atoms with Crippen LogP contribution in [-0.4, -0.2) is 28.6 Å². The largest absolute Gasteiger partial charge is 0.323 e. The van der Waals surface area contributed by atoms with Gasteiger partial charge in [0.1, 0.15) is 0 Å². The standard InChI is InChI=1S/C11H20N2O/c1-4-5-8(2)13-9(3)12-11(6-7-11)10(13)14/h8-9,12H,4-7H2,1-3H3. The van der Waals surface area contributed by atoms with Crippen molar-refractivity contribution in [1.29, 1.82) is 0 Å². The molecule has 1 saturated heterocycles. The maximum absolute atomic E-state index is 12.1. The zero-order valence-electron chi connectivity index (χ0n) is 9.34. The highest BCUT2D eigenvalue weighted by atomic mass is 16.2. The van der Waals surface area contributed by atoms with Crippen molar-refractivity contribution >= 4 is 5.91 Å². The summed E-state index contributed by atoms with van der Waals surface area (Å²) in [5.74, 6) is 0.339. The monoisotopic (exact) mass is 196 g/mol. The molecule has 1 aliphatic carbocycles. The average molecular weight is 196 g/mol. The van der Waals surface area contributed by atoms with Crippen LogP contribution in [0.2, 0.25) is 0 Å². The quantitative estimate of drug-likeness (QED) is 0.741. The molecule has 2 aliphatic rings. The summed E-state index contributed by atoms with van der Waals surface area (Å²) < 4.78 is 0. The molecule has 2 fully saturated rings. The van der Waals surface area contributed by atoms with Gasteiger partial charge in [0, 0.05) is 6.04 Å². The summed E-state index contributed by atoms with van der Waals surface area (Å²) >= 11 is 0. The fourth-order valence-corrected chi connectivity index (χ4v) is 2.58. The second-order valence-electron chi connectivity index (χ2n) is 4.75. The van der Waals surface area contributed by atoms with Crippen molar-refractivity contribution in [2.45, 2.75) is 64.2 Å². The molecule has 0 radical (unpaired) electrons. The molecule has 1 amide bonds. The molecule has 1 saturated carbocycles. The molecule has 3 heteroatoms. The summed E-state index contributed by atoms with van der Waals surface area (Å²) in [4.78, 5) is 14.1. The van der Waals surface area contributed by atoms with Crippen LogP contribution in [0.1, 0.15) is 46.5 Å². The van der Waals surface area contributed by atoms with Gasteiger partial charge < -0.3 is 4.90 Å². The molecule has 1 N–H and O–H groups in total. The lowest BCUT2D eigenvalue weighted by atomic mass is 10.1.